The van der Waals surface area contributed by atoms with Crippen LogP contribution in [0.2, 0.25) is 0 Å². The van der Waals surface area contributed by atoms with Gasteiger partial charge >= 0.3 is 0 Å². The molecule has 1 saturated heterocycles. The molecule has 5 nitrogen and oxygen atoms in total. The van der Waals surface area contributed by atoms with E-state index in [4.69, 9.17) is 10.1 Å². The highest BCUT2D eigenvalue weighted by molar-refractivity contribution is 5.93. The molecule has 1 aliphatic heterocycles. The van der Waals surface area contributed by atoms with Crippen LogP contribution in [-0.4, -0.2) is 32.7 Å². The van der Waals surface area contributed by atoms with Crippen LogP contribution in [-0.2, 0) is 6.42 Å². The molecule has 0 atom stereocenters. The van der Waals surface area contributed by atoms with Gasteiger partial charge in [-0.05, 0) is 44.7 Å². The molecular formula is C17H21N5. The van der Waals surface area contributed by atoms with Crippen LogP contribution in [0.1, 0.15) is 36.7 Å². The van der Waals surface area contributed by atoms with Crippen LogP contribution in [0.4, 0.5) is 5.82 Å². The summed E-state index contributed by atoms with van der Waals surface area (Å²) < 4.78 is 1.99. The predicted octanol–water partition coefficient (Wildman–Crippen LogP) is 3.06. The number of aromatic nitrogens is 4. The third-order valence-corrected chi connectivity index (χ3v) is 4.50. The number of nitrogens with zero attached hydrogens (tertiary/aromatic N) is 5. The molecule has 0 bridgehead atoms. The molecule has 0 amide bonds. The van der Waals surface area contributed by atoms with Gasteiger partial charge in [-0.15, -0.1) is 5.10 Å². The van der Waals surface area contributed by atoms with Crippen molar-refractivity contribution in [3.63, 3.8) is 0 Å². The first-order chi connectivity index (χ1) is 10.7. The van der Waals surface area contributed by atoms with Crippen LogP contribution in [0.5, 0.6) is 0 Å². The zero-order valence-corrected chi connectivity index (χ0v) is 13.4. The summed E-state index contributed by atoms with van der Waals surface area (Å²) in [7, 11) is 0. The van der Waals surface area contributed by atoms with Crippen LogP contribution in [0, 0.1) is 13.8 Å². The zero-order chi connectivity index (χ0) is 15.3. The van der Waals surface area contributed by atoms with E-state index in [1.165, 1.54) is 18.4 Å². The van der Waals surface area contributed by atoms with Gasteiger partial charge in [0.15, 0.2) is 11.3 Å². The van der Waals surface area contributed by atoms with Crippen molar-refractivity contribution < 1.29 is 0 Å². The minimum absolute atomic E-state index is 0.804. The molecule has 1 aliphatic rings. The second kappa shape index (κ2) is 4.93. The van der Waals surface area contributed by atoms with Crippen LogP contribution in [0.3, 0.4) is 0 Å². The monoisotopic (exact) mass is 295 g/mol. The Hall–Kier alpha value is -2.17. The summed E-state index contributed by atoms with van der Waals surface area (Å²) in [6.07, 6.45) is 3.44. The van der Waals surface area contributed by atoms with E-state index in [9.17, 15) is 0 Å². The highest BCUT2D eigenvalue weighted by Gasteiger charge is 2.20. The molecule has 114 valence electrons. The van der Waals surface area contributed by atoms with Crippen molar-refractivity contribution >= 4 is 22.5 Å². The fourth-order valence-electron chi connectivity index (χ4n) is 3.41. The summed E-state index contributed by atoms with van der Waals surface area (Å²) in [6.45, 7) is 8.49. The van der Waals surface area contributed by atoms with E-state index in [2.05, 4.69) is 35.9 Å². The Morgan fingerprint density at radius 3 is 2.59 bits per heavy atom. The van der Waals surface area contributed by atoms with E-state index in [0.717, 1.165) is 53.4 Å². The maximum absolute atomic E-state index is 4.84. The van der Waals surface area contributed by atoms with Crippen LogP contribution < -0.4 is 4.90 Å². The SMILES string of the molecule is CCc1cc(N2CCCC2)n2nc3nc(C)cc(C)c3c2n1. The Labute approximate surface area is 130 Å². The largest absolute Gasteiger partial charge is 0.356 e. The smallest absolute Gasteiger partial charge is 0.184 e. The molecule has 1 fully saturated rings. The lowest BCUT2D eigenvalue weighted by atomic mass is 10.2. The van der Waals surface area contributed by atoms with E-state index in [0.29, 0.717) is 0 Å². The minimum Gasteiger partial charge on any atom is -0.356 e. The number of hydrogen-bond donors (Lipinski definition) is 0. The number of pyridine rings is 1. The first-order valence-electron chi connectivity index (χ1n) is 8.09. The van der Waals surface area contributed by atoms with Gasteiger partial charge in [0.2, 0.25) is 0 Å². The molecule has 0 saturated carbocycles. The van der Waals surface area contributed by atoms with E-state index in [-0.39, 0.29) is 0 Å². The van der Waals surface area contributed by atoms with Gasteiger partial charge in [0, 0.05) is 30.5 Å². The number of fused-ring (bicyclic) bond motifs is 3. The second-order valence-electron chi connectivity index (χ2n) is 6.17. The lowest BCUT2D eigenvalue weighted by Gasteiger charge is -2.19. The molecule has 0 N–H and O–H groups in total. The summed E-state index contributed by atoms with van der Waals surface area (Å²) in [4.78, 5) is 11.9. The molecule has 0 radical (unpaired) electrons. The molecule has 0 unspecified atom stereocenters. The third-order valence-electron chi connectivity index (χ3n) is 4.50. The van der Waals surface area contributed by atoms with Gasteiger partial charge in [-0.3, -0.25) is 0 Å². The molecular weight excluding hydrogens is 274 g/mol. The first kappa shape index (κ1) is 13.5. The highest BCUT2D eigenvalue weighted by Crippen LogP contribution is 2.28. The Bertz CT molecular complexity index is 858. The molecule has 0 aromatic carbocycles. The molecule has 3 aromatic rings. The molecule has 22 heavy (non-hydrogen) atoms. The van der Waals surface area contributed by atoms with Gasteiger partial charge in [-0.25, -0.2) is 9.97 Å². The summed E-state index contributed by atoms with van der Waals surface area (Å²) in [5, 5.41) is 5.84. The van der Waals surface area contributed by atoms with Gasteiger partial charge in [-0.2, -0.15) is 4.52 Å². The molecule has 0 aliphatic carbocycles. The molecule has 4 rings (SSSR count). The normalized spacial score (nSPS) is 15.3. The molecule has 3 aromatic heterocycles. The Morgan fingerprint density at radius 1 is 1.09 bits per heavy atom. The van der Waals surface area contributed by atoms with Gasteiger partial charge in [-0.1, -0.05) is 6.92 Å². The fourth-order valence-corrected chi connectivity index (χ4v) is 3.41. The number of aryl methyl sites for hydroxylation is 3. The first-order valence-corrected chi connectivity index (χ1v) is 8.09. The summed E-state index contributed by atoms with van der Waals surface area (Å²) in [5.74, 6) is 1.16. The maximum Gasteiger partial charge on any atom is 0.184 e. The Kier molecular flexibility index (Phi) is 3.03. The van der Waals surface area contributed by atoms with Gasteiger partial charge in [0.25, 0.3) is 0 Å². The Morgan fingerprint density at radius 2 is 1.86 bits per heavy atom. The van der Waals surface area contributed by atoms with Crippen molar-refractivity contribution in [2.24, 2.45) is 0 Å². The summed E-state index contributed by atoms with van der Waals surface area (Å²) in [5.41, 5.74) is 5.08. The lowest BCUT2D eigenvalue weighted by Crippen LogP contribution is -2.21. The molecule has 0 spiro atoms. The highest BCUT2D eigenvalue weighted by atomic mass is 15.4. The number of rotatable bonds is 2. The van der Waals surface area contributed by atoms with Crippen LogP contribution in [0.15, 0.2) is 12.1 Å². The molecule has 4 heterocycles. The van der Waals surface area contributed by atoms with Crippen molar-refractivity contribution in [2.45, 2.75) is 40.0 Å². The summed E-state index contributed by atoms with van der Waals surface area (Å²) in [6, 6.07) is 4.30. The molecule has 5 heteroatoms. The second-order valence-corrected chi connectivity index (χ2v) is 6.17. The number of anilines is 1. The van der Waals surface area contributed by atoms with Crippen LogP contribution in [0.25, 0.3) is 16.7 Å². The van der Waals surface area contributed by atoms with Crippen molar-refractivity contribution in [2.75, 3.05) is 18.0 Å². The fraction of sp³-hybridized carbons (Fsp3) is 0.471. The summed E-state index contributed by atoms with van der Waals surface area (Å²) >= 11 is 0. The standard InChI is InChI=1S/C17H21N5/c1-4-13-10-14(21-7-5-6-8-21)22-17(19-13)15-11(2)9-12(3)18-16(15)20-22/h9-10H,4-8H2,1-3H3. The zero-order valence-electron chi connectivity index (χ0n) is 13.4. The average molecular weight is 295 g/mol. The van der Waals surface area contributed by atoms with Crippen molar-refractivity contribution in [1.29, 1.82) is 0 Å². The Balaban J connectivity index is 2.08. The third kappa shape index (κ3) is 1.95. The van der Waals surface area contributed by atoms with E-state index < -0.39 is 0 Å². The van der Waals surface area contributed by atoms with E-state index >= 15 is 0 Å². The quantitative estimate of drug-likeness (QED) is 0.729. The average Bonchev–Trinajstić information content (AvgIpc) is 3.12. The predicted molar refractivity (Wildman–Crippen MR) is 88.6 cm³/mol. The lowest BCUT2D eigenvalue weighted by molar-refractivity contribution is 0.842. The topological polar surface area (TPSA) is 46.3 Å². The van der Waals surface area contributed by atoms with Gasteiger partial charge < -0.3 is 4.90 Å². The van der Waals surface area contributed by atoms with Crippen molar-refractivity contribution in [3.05, 3.63) is 29.1 Å². The van der Waals surface area contributed by atoms with Crippen LogP contribution >= 0.6 is 0 Å². The maximum atomic E-state index is 4.84. The van der Waals surface area contributed by atoms with E-state index in [1.54, 1.807) is 0 Å². The number of hydrogen-bond acceptors (Lipinski definition) is 4. The van der Waals surface area contributed by atoms with Crippen molar-refractivity contribution in [3.8, 4) is 0 Å². The minimum atomic E-state index is 0.804. The van der Waals surface area contributed by atoms with E-state index in [1.807, 2.05) is 11.4 Å². The van der Waals surface area contributed by atoms with Gasteiger partial charge in [0.05, 0.1) is 5.39 Å². The van der Waals surface area contributed by atoms with Gasteiger partial charge in [0.1, 0.15) is 5.82 Å². The van der Waals surface area contributed by atoms with Crippen molar-refractivity contribution in [1.82, 2.24) is 19.6 Å².